The molecule has 0 fully saturated rings. The van der Waals surface area contributed by atoms with E-state index >= 15 is 0 Å². The summed E-state index contributed by atoms with van der Waals surface area (Å²) < 4.78 is 6.91. The number of benzene rings is 2. The van der Waals surface area contributed by atoms with Crippen molar-refractivity contribution < 1.29 is 9.21 Å². The van der Waals surface area contributed by atoms with Gasteiger partial charge in [-0.2, -0.15) is 10.2 Å². The van der Waals surface area contributed by atoms with E-state index in [0.717, 1.165) is 16.9 Å². The fraction of sp³-hybridized carbons (Fsp3) is 0.0455. The first kappa shape index (κ1) is 17.5. The second kappa shape index (κ2) is 7.75. The number of amides is 1. The Morgan fingerprint density at radius 1 is 1.07 bits per heavy atom. The SMILES string of the molecule is Cc1ccc(-c2cc(C(=O)N/N=C\c3ccco3)nn2-c2ccccc2)cc1. The van der Waals surface area contributed by atoms with Gasteiger partial charge >= 0.3 is 0 Å². The largest absolute Gasteiger partial charge is 0.463 e. The molecule has 2 aromatic carbocycles. The van der Waals surface area contributed by atoms with Gasteiger partial charge in [0.1, 0.15) is 5.76 Å². The van der Waals surface area contributed by atoms with Crippen LogP contribution in [-0.2, 0) is 0 Å². The number of nitrogens with zero attached hydrogens (tertiary/aromatic N) is 3. The molecule has 4 rings (SSSR count). The van der Waals surface area contributed by atoms with Gasteiger partial charge in [0.05, 0.1) is 23.9 Å². The molecule has 0 unspecified atom stereocenters. The summed E-state index contributed by atoms with van der Waals surface area (Å²) >= 11 is 0. The normalized spacial score (nSPS) is 11.0. The Morgan fingerprint density at radius 2 is 1.86 bits per heavy atom. The van der Waals surface area contributed by atoms with Crippen LogP contribution in [0.15, 0.2) is 88.6 Å². The Hall–Kier alpha value is -3.93. The van der Waals surface area contributed by atoms with Gasteiger partial charge in [-0.25, -0.2) is 10.1 Å². The van der Waals surface area contributed by atoms with E-state index in [4.69, 9.17) is 4.42 Å². The maximum absolute atomic E-state index is 12.5. The topological polar surface area (TPSA) is 72.4 Å². The molecule has 0 saturated heterocycles. The van der Waals surface area contributed by atoms with Gasteiger partial charge in [-0.1, -0.05) is 48.0 Å². The van der Waals surface area contributed by atoms with E-state index < -0.39 is 5.91 Å². The number of hydrazone groups is 1. The molecule has 0 radical (unpaired) electrons. The molecule has 28 heavy (non-hydrogen) atoms. The van der Waals surface area contributed by atoms with Crippen LogP contribution in [0.4, 0.5) is 0 Å². The lowest BCUT2D eigenvalue weighted by Gasteiger charge is -2.07. The van der Waals surface area contributed by atoms with Crippen LogP contribution >= 0.6 is 0 Å². The molecule has 0 aliphatic heterocycles. The van der Waals surface area contributed by atoms with Crippen molar-refractivity contribution in [2.24, 2.45) is 5.10 Å². The van der Waals surface area contributed by atoms with Crippen LogP contribution in [0.3, 0.4) is 0 Å². The smallest absolute Gasteiger partial charge is 0.291 e. The summed E-state index contributed by atoms with van der Waals surface area (Å²) in [6.45, 7) is 2.04. The van der Waals surface area contributed by atoms with Crippen LogP contribution in [-0.4, -0.2) is 21.9 Å². The summed E-state index contributed by atoms with van der Waals surface area (Å²) in [6.07, 6.45) is 2.98. The zero-order valence-corrected chi connectivity index (χ0v) is 15.2. The summed E-state index contributed by atoms with van der Waals surface area (Å²) in [5.74, 6) is 0.154. The minimum Gasteiger partial charge on any atom is -0.463 e. The zero-order valence-electron chi connectivity index (χ0n) is 15.2. The molecule has 0 atom stereocenters. The number of aromatic nitrogens is 2. The van der Waals surface area contributed by atoms with Gasteiger partial charge in [-0.3, -0.25) is 4.79 Å². The van der Waals surface area contributed by atoms with Crippen LogP contribution in [0.5, 0.6) is 0 Å². The van der Waals surface area contributed by atoms with Crippen LogP contribution in [0.2, 0.25) is 0 Å². The van der Waals surface area contributed by atoms with E-state index in [1.807, 2.05) is 61.5 Å². The number of hydrogen-bond donors (Lipinski definition) is 1. The monoisotopic (exact) mass is 370 g/mol. The van der Waals surface area contributed by atoms with Crippen LogP contribution in [0.25, 0.3) is 16.9 Å². The van der Waals surface area contributed by atoms with E-state index in [1.54, 1.807) is 29.1 Å². The molecular weight excluding hydrogens is 352 g/mol. The lowest BCUT2D eigenvalue weighted by molar-refractivity contribution is 0.0949. The van der Waals surface area contributed by atoms with E-state index in [9.17, 15) is 4.79 Å². The third-order valence-electron chi connectivity index (χ3n) is 4.19. The molecule has 6 nitrogen and oxygen atoms in total. The average molecular weight is 370 g/mol. The van der Waals surface area contributed by atoms with Crippen LogP contribution in [0.1, 0.15) is 21.8 Å². The summed E-state index contributed by atoms with van der Waals surface area (Å²) in [5, 5.41) is 8.42. The Labute approximate surface area is 162 Å². The van der Waals surface area contributed by atoms with Crippen molar-refractivity contribution >= 4 is 12.1 Å². The van der Waals surface area contributed by atoms with Crippen molar-refractivity contribution in [3.05, 3.63) is 96.1 Å². The highest BCUT2D eigenvalue weighted by molar-refractivity contribution is 5.94. The molecule has 138 valence electrons. The number of carbonyl (C=O) groups excluding carboxylic acids is 1. The second-order valence-corrected chi connectivity index (χ2v) is 6.24. The number of rotatable bonds is 5. The van der Waals surface area contributed by atoms with Crippen molar-refractivity contribution in [1.29, 1.82) is 0 Å². The fourth-order valence-electron chi connectivity index (χ4n) is 2.76. The standard InChI is InChI=1S/C22H18N4O2/c1-16-9-11-17(12-10-16)21-14-20(25-26(21)18-6-3-2-4-7-18)22(27)24-23-15-19-8-5-13-28-19/h2-15H,1H3,(H,24,27)/b23-15-. The van der Waals surface area contributed by atoms with Gasteiger partial charge in [-0.15, -0.1) is 0 Å². The van der Waals surface area contributed by atoms with E-state index in [0.29, 0.717) is 5.76 Å². The minimum atomic E-state index is -0.397. The summed E-state index contributed by atoms with van der Waals surface area (Å²) in [5.41, 5.74) is 6.59. The molecule has 0 bridgehead atoms. The number of para-hydroxylation sites is 1. The predicted octanol–water partition coefficient (Wildman–Crippen LogP) is 4.20. The summed E-state index contributed by atoms with van der Waals surface area (Å²) in [6, 6.07) is 23.1. The van der Waals surface area contributed by atoms with E-state index in [-0.39, 0.29) is 5.69 Å². The molecule has 0 aliphatic rings. The maximum atomic E-state index is 12.5. The van der Waals surface area contributed by atoms with Crippen LogP contribution in [0, 0.1) is 6.92 Å². The third kappa shape index (κ3) is 3.76. The molecular formula is C22H18N4O2. The highest BCUT2D eigenvalue weighted by Gasteiger charge is 2.16. The zero-order chi connectivity index (χ0) is 19.3. The summed E-state index contributed by atoms with van der Waals surface area (Å²) in [4.78, 5) is 12.5. The number of carbonyl (C=O) groups is 1. The average Bonchev–Trinajstić information content (AvgIpc) is 3.39. The van der Waals surface area contributed by atoms with Crippen LogP contribution < -0.4 is 5.43 Å². The highest BCUT2D eigenvalue weighted by atomic mass is 16.3. The molecule has 1 amide bonds. The first-order valence-corrected chi connectivity index (χ1v) is 8.80. The Balaban J connectivity index is 1.66. The van der Waals surface area contributed by atoms with Gasteiger partial charge in [-0.05, 0) is 37.3 Å². The molecule has 0 aliphatic carbocycles. The fourth-order valence-corrected chi connectivity index (χ4v) is 2.76. The molecule has 6 heteroatoms. The van der Waals surface area contributed by atoms with Gasteiger partial charge in [0.2, 0.25) is 0 Å². The van der Waals surface area contributed by atoms with Gasteiger partial charge in [0.15, 0.2) is 5.69 Å². The van der Waals surface area contributed by atoms with Crippen molar-refractivity contribution in [2.45, 2.75) is 6.92 Å². The van der Waals surface area contributed by atoms with Crippen molar-refractivity contribution in [1.82, 2.24) is 15.2 Å². The Bertz CT molecular complexity index is 1100. The predicted molar refractivity (Wildman–Crippen MR) is 108 cm³/mol. The van der Waals surface area contributed by atoms with E-state index in [2.05, 4.69) is 15.6 Å². The lowest BCUT2D eigenvalue weighted by atomic mass is 10.1. The van der Waals surface area contributed by atoms with Crippen molar-refractivity contribution in [3.63, 3.8) is 0 Å². The highest BCUT2D eigenvalue weighted by Crippen LogP contribution is 2.24. The van der Waals surface area contributed by atoms with Gasteiger partial charge in [0, 0.05) is 5.56 Å². The lowest BCUT2D eigenvalue weighted by Crippen LogP contribution is -2.18. The Morgan fingerprint density at radius 3 is 2.57 bits per heavy atom. The van der Waals surface area contributed by atoms with Crippen molar-refractivity contribution in [3.8, 4) is 16.9 Å². The molecule has 0 spiro atoms. The molecule has 0 saturated carbocycles. The molecule has 4 aromatic rings. The van der Waals surface area contributed by atoms with Gasteiger partial charge in [0.25, 0.3) is 5.91 Å². The maximum Gasteiger partial charge on any atom is 0.291 e. The van der Waals surface area contributed by atoms with Crippen molar-refractivity contribution in [2.75, 3.05) is 0 Å². The summed E-state index contributed by atoms with van der Waals surface area (Å²) in [7, 11) is 0. The number of hydrogen-bond acceptors (Lipinski definition) is 4. The minimum absolute atomic E-state index is 0.274. The van der Waals surface area contributed by atoms with Gasteiger partial charge < -0.3 is 4.42 Å². The number of furan rings is 1. The first-order valence-electron chi connectivity index (χ1n) is 8.80. The Kier molecular flexibility index (Phi) is 4.84. The number of aryl methyl sites for hydroxylation is 1. The third-order valence-corrected chi connectivity index (χ3v) is 4.19. The number of nitrogens with one attached hydrogen (secondary N) is 1. The molecule has 1 N–H and O–H groups in total. The first-order chi connectivity index (χ1) is 13.7. The molecule has 2 aromatic heterocycles. The second-order valence-electron chi connectivity index (χ2n) is 6.24. The molecule has 2 heterocycles. The van der Waals surface area contributed by atoms with E-state index in [1.165, 1.54) is 11.8 Å². The quantitative estimate of drug-likeness (QED) is 0.423.